The van der Waals surface area contributed by atoms with Gasteiger partial charge >= 0.3 is 0 Å². The summed E-state index contributed by atoms with van der Waals surface area (Å²) in [5.74, 6) is 0. The Bertz CT molecular complexity index is 209. The van der Waals surface area contributed by atoms with Gasteiger partial charge in [-0.2, -0.15) is 0 Å². The van der Waals surface area contributed by atoms with Gasteiger partial charge in [0.2, 0.25) is 5.62 Å². The van der Waals surface area contributed by atoms with Crippen molar-refractivity contribution in [3.05, 3.63) is 24.1 Å². The predicted octanol–water partition coefficient (Wildman–Crippen LogP) is -0.555. The molecule has 1 aromatic heterocycles. The number of H-pyrrole nitrogens is 1. The Balaban J connectivity index is 2.97. The molecule has 0 aliphatic heterocycles. The third-order valence-corrected chi connectivity index (χ3v) is 0.809. The zero-order chi connectivity index (χ0) is 6.53. The summed E-state index contributed by atoms with van der Waals surface area (Å²) in [6, 6.07) is 1.80. The summed E-state index contributed by atoms with van der Waals surface area (Å²) in [7, 11) is 1.72. The molecule has 0 aromatic carbocycles. The molecule has 9 heavy (non-hydrogen) atoms. The Labute approximate surface area is 52.7 Å². The smallest absolute Gasteiger partial charge is 0.243 e. The van der Waals surface area contributed by atoms with Gasteiger partial charge in [-0.25, -0.2) is 4.98 Å². The fourth-order valence-corrected chi connectivity index (χ4v) is 0.484. The van der Waals surface area contributed by atoms with Crippen molar-refractivity contribution >= 4 is 0 Å². The molecule has 1 aromatic rings. The summed E-state index contributed by atoms with van der Waals surface area (Å²) in [4.78, 5) is 6.71. The summed E-state index contributed by atoms with van der Waals surface area (Å²) in [5, 5.41) is 3.79. The van der Waals surface area contributed by atoms with Crippen LogP contribution in [0.4, 0.5) is 0 Å². The van der Waals surface area contributed by atoms with Crippen LogP contribution in [0, 0.1) is 0 Å². The quantitative estimate of drug-likeness (QED) is 0.493. The first kappa shape index (κ1) is 5.81. The number of nitrogens with one attached hydrogen (secondary N) is 2. The first-order valence-electron chi connectivity index (χ1n) is 2.63. The average Bonchev–Trinajstić information content (AvgIpc) is 1.91. The van der Waals surface area contributed by atoms with E-state index in [2.05, 4.69) is 20.5 Å². The van der Waals surface area contributed by atoms with Gasteiger partial charge in [-0.3, -0.25) is 0 Å². The molecule has 1 heterocycles. The van der Waals surface area contributed by atoms with Crippen LogP contribution < -0.4 is 11.0 Å². The van der Waals surface area contributed by atoms with Gasteiger partial charge in [-0.1, -0.05) is 0 Å². The minimum Gasteiger partial charge on any atom is -0.330 e. The standard InChI is InChI=1S/C5H8N4/c1-6-9-5-7-3-2-4-8-5/h2-4,6H,1H3,(H,7,8,9). The highest BCUT2D eigenvalue weighted by Crippen LogP contribution is 1.62. The molecule has 0 aliphatic rings. The van der Waals surface area contributed by atoms with E-state index < -0.39 is 0 Å². The lowest BCUT2D eigenvalue weighted by Crippen LogP contribution is -2.15. The summed E-state index contributed by atoms with van der Waals surface area (Å²) in [6.07, 6.45) is 3.44. The molecule has 0 fully saturated rings. The second-order valence-electron chi connectivity index (χ2n) is 1.44. The monoisotopic (exact) mass is 124 g/mol. The van der Waals surface area contributed by atoms with E-state index in [1.54, 1.807) is 25.5 Å². The van der Waals surface area contributed by atoms with Gasteiger partial charge in [0.05, 0.1) is 0 Å². The zero-order valence-electron chi connectivity index (χ0n) is 5.13. The molecule has 0 radical (unpaired) electrons. The molecule has 0 amide bonds. The summed E-state index contributed by atoms with van der Waals surface area (Å²) in [5.41, 5.74) is 3.20. The molecule has 48 valence electrons. The van der Waals surface area contributed by atoms with Crippen LogP contribution in [0.15, 0.2) is 23.6 Å². The van der Waals surface area contributed by atoms with E-state index in [-0.39, 0.29) is 0 Å². The van der Waals surface area contributed by atoms with E-state index in [9.17, 15) is 0 Å². The summed E-state index contributed by atoms with van der Waals surface area (Å²) in [6.45, 7) is 0. The van der Waals surface area contributed by atoms with Crippen molar-refractivity contribution in [2.45, 2.75) is 0 Å². The van der Waals surface area contributed by atoms with Crippen LogP contribution in [0.2, 0.25) is 0 Å². The van der Waals surface area contributed by atoms with Crippen molar-refractivity contribution < 1.29 is 0 Å². The van der Waals surface area contributed by atoms with E-state index in [1.165, 1.54) is 0 Å². The van der Waals surface area contributed by atoms with E-state index in [1.807, 2.05) is 0 Å². The van der Waals surface area contributed by atoms with Crippen LogP contribution >= 0.6 is 0 Å². The molecular formula is C5H8N4. The van der Waals surface area contributed by atoms with Crippen molar-refractivity contribution in [3.63, 3.8) is 0 Å². The highest BCUT2D eigenvalue weighted by Gasteiger charge is 1.72. The van der Waals surface area contributed by atoms with Crippen molar-refractivity contribution in [2.24, 2.45) is 5.10 Å². The van der Waals surface area contributed by atoms with Crippen LogP contribution in [0.5, 0.6) is 0 Å². The molecule has 0 bridgehead atoms. The van der Waals surface area contributed by atoms with Gasteiger partial charge < -0.3 is 10.4 Å². The molecular weight excluding hydrogens is 116 g/mol. The first-order valence-corrected chi connectivity index (χ1v) is 2.63. The molecule has 0 saturated carbocycles. The van der Waals surface area contributed by atoms with Crippen LogP contribution in [0.1, 0.15) is 0 Å². The minimum atomic E-state index is 0.583. The lowest BCUT2D eigenvalue weighted by Gasteiger charge is -1.84. The van der Waals surface area contributed by atoms with Crippen molar-refractivity contribution in [3.8, 4) is 0 Å². The predicted molar refractivity (Wildman–Crippen MR) is 33.2 cm³/mol. The highest BCUT2D eigenvalue weighted by atomic mass is 15.3. The normalized spacial score (nSPS) is 11.4. The molecule has 4 heteroatoms. The first-order chi connectivity index (χ1) is 4.43. The van der Waals surface area contributed by atoms with Gasteiger partial charge in [-0.05, 0) is 6.07 Å². The number of nitrogens with zero attached hydrogens (tertiary/aromatic N) is 2. The molecule has 0 aliphatic carbocycles. The fraction of sp³-hybridized carbons (Fsp3) is 0.200. The van der Waals surface area contributed by atoms with Crippen molar-refractivity contribution in [1.29, 1.82) is 0 Å². The van der Waals surface area contributed by atoms with E-state index in [4.69, 9.17) is 0 Å². The van der Waals surface area contributed by atoms with Crippen molar-refractivity contribution in [1.82, 2.24) is 15.4 Å². The number of rotatable bonds is 1. The van der Waals surface area contributed by atoms with E-state index in [0.29, 0.717) is 5.62 Å². The Morgan fingerprint density at radius 1 is 1.78 bits per heavy atom. The molecule has 0 unspecified atom stereocenters. The third kappa shape index (κ3) is 1.56. The average molecular weight is 124 g/mol. The van der Waals surface area contributed by atoms with Crippen LogP contribution in [-0.4, -0.2) is 17.0 Å². The molecule has 1 rings (SSSR count). The highest BCUT2D eigenvalue weighted by molar-refractivity contribution is 4.74. The maximum Gasteiger partial charge on any atom is 0.243 e. The van der Waals surface area contributed by atoms with Crippen LogP contribution in [0.25, 0.3) is 0 Å². The molecule has 4 nitrogen and oxygen atoms in total. The molecule has 0 saturated heterocycles. The lowest BCUT2D eigenvalue weighted by molar-refractivity contribution is 0.803. The lowest BCUT2D eigenvalue weighted by atomic mass is 10.7. The number of aromatic nitrogens is 2. The largest absolute Gasteiger partial charge is 0.330 e. The van der Waals surface area contributed by atoms with E-state index >= 15 is 0 Å². The Morgan fingerprint density at radius 3 is 3.22 bits per heavy atom. The maximum atomic E-state index is 3.88. The van der Waals surface area contributed by atoms with Gasteiger partial charge in [0, 0.05) is 19.4 Å². The second kappa shape index (κ2) is 2.86. The Hall–Kier alpha value is -1.32. The fourth-order valence-electron chi connectivity index (χ4n) is 0.484. The number of hydrogen-bond acceptors (Lipinski definition) is 3. The summed E-state index contributed by atoms with van der Waals surface area (Å²) < 4.78 is 0. The minimum absolute atomic E-state index is 0.583. The van der Waals surface area contributed by atoms with Crippen molar-refractivity contribution in [2.75, 3.05) is 7.05 Å². The summed E-state index contributed by atoms with van der Waals surface area (Å²) >= 11 is 0. The second-order valence-corrected chi connectivity index (χ2v) is 1.44. The van der Waals surface area contributed by atoms with Gasteiger partial charge in [0.25, 0.3) is 0 Å². The SMILES string of the molecule is CNN=c1nccc[nH]1. The number of hydrogen-bond donors (Lipinski definition) is 2. The number of aromatic amines is 1. The molecule has 0 atom stereocenters. The van der Waals surface area contributed by atoms with E-state index in [0.717, 1.165) is 0 Å². The topological polar surface area (TPSA) is 53.1 Å². The van der Waals surface area contributed by atoms with Gasteiger partial charge in [0.1, 0.15) is 0 Å². The third-order valence-electron chi connectivity index (χ3n) is 0.809. The molecule has 0 spiro atoms. The Morgan fingerprint density at radius 2 is 2.67 bits per heavy atom. The molecule has 2 N–H and O–H groups in total. The van der Waals surface area contributed by atoms with Crippen LogP contribution in [-0.2, 0) is 0 Å². The maximum absolute atomic E-state index is 3.88. The van der Waals surface area contributed by atoms with Gasteiger partial charge in [-0.15, -0.1) is 5.10 Å². The zero-order valence-corrected chi connectivity index (χ0v) is 5.13. The van der Waals surface area contributed by atoms with Crippen LogP contribution in [0.3, 0.4) is 0 Å². The Kier molecular flexibility index (Phi) is 1.85. The van der Waals surface area contributed by atoms with Gasteiger partial charge in [0.15, 0.2) is 0 Å².